The van der Waals surface area contributed by atoms with Crippen LogP contribution in [0.4, 0.5) is 5.69 Å². The molecule has 3 nitrogen and oxygen atoms in total. The van der Waals surface area contributed by atoms with Crippen LogP contribution in [0.5, 0.6) is 0 Å². The predicted molar refractivity (Wildman–Crippen MR) is 70.0 cm³/mol. The van der Waals surface area contributed by atoms with Gasteiger partial charge in [-0.2, -0.15) is 0 Å². The van der Waals surface area contributed by atoms with Gasteiger partial charge in [-0.3, -0.25) is 9.69 Å². The Balaban J connectivity index is 2.14. The van der Waals surface area contributed by atoms with E-state index < -0.39 is 0 Å². The Bertz CT molecular complexity index is 426. The van der Waals surface area contributed by atoms with Crippen molar-refractivity contribution in [1.29, 1.82) is 0 Å². The molecule has 1 amide bonds. The third-order valence-corrected chi connectivity index (χ3v) is 3.38. The van der Waals surface area contributed by atoms with Crippen LogP contribution < -0.4 is 5.32 Å². The van der Waals surface area contributed by atoms with Gasteiger partial charge in [-0.15, -0.1) is 0 Å². The van der Waals surface area contributed by atoms with E-state index >= 15 is 0 Å². The van der Waals surface area contributed by atoms with Crippen molar-refractivity contribution >= 4 is 11.6 Å². The molecule has 17 heavy (non-hydrogen) atoms. The lowest BCUT2D eigenvalue weighted by Gasteiger charge is -2.23. The molecule has 0 bridgehead atoms. The number of amides is 1. The number of hydrogen-bond acceptors (Lipinski definition) is 2. The highest BCUT2D eigenvalue weighted by molar-refractivity contribution is 5.93. The van der Waals surface area contributed by atoms with Crippen molar-refractivity contribution in [2.45, 2.75) is 39.3 Å². The molecule has 0 fully saturated rings. The summed E-state index contributed by atoms with van der Waals surface area (Å²) in [6.45, 7) is 5.34. The highest BCUT2D eigenvalue weighted by atomic mass is 16.1. The molecule has 2 rings (SSSR count). The maximum absolute atomic E-state index is 11.3. The summed E-state index contributed by atoms with van der Waals surface area (Å²) in [5, 5.41) is 2.91. The van der Waals surface area contributed by atoms with Crippen LogP contribution in [0, 0.1) is 0 Å². The van der Waals surface area contributed by atoms with Crippen LogP contribution in [-0.4, -0.2) is 23.9 Å². The second kappa shape index (κ2) is 4.88. The highest BCUT2D eigenvalue weighted by Gasteiger charge is 2.15. The average molecular weight is 232 g/mol. The molecule has 0 spiro atoms. The Morgan fingerprint density at radius 1 is 1.35 bits per heavy atom. The molecule has 1 N–H and O–H groups in total. The van der Waals surface area contributed by atoms with E-state index in [0.29, 0.717) is 12.5 Å². The monoisotopic (exact) mass is 232 g/mol. The normalized spacial score (nSPS) is 15.0. The molecule has 1 aromatic carbocycles. The molecule has 1 aromatic rings. The zero-order chi connectivity index (χ0) is 12.4. The summed E-state index contributed by atoms with van der Waals surface area (Å²) in [6.07, 6.45) is 1.47. The Morgan fingerprint density at radius 2 is 2.12 bits per heavy atom. The summed E-state index contributed by atoms with van der Waals surface area (Å²) in [4.78, 5) is 13.6. The van der Waals surface area contributed by atoms with Crippen LogP contribution in [0.3, 0.4) is 0 Å². The van der Waals surface area contributed by atoms with Gasteiger partial charge in [0.05, 0.1) is 0 Å². The molecule has 1 heterocycles. The summed E-state index contributed by atoms with van der Waals surface area (Å²) >= 11 is 0. The quantitative estimate of drug-likeness (QED) is 0.868. The molecule has 92 valence electrons. The molecule has 0 aliphatic carbocycles. The number of carbonyl (C=O) groups is 1. The van der Waals surface area contributed by atoms with E-state index in [0.717, 1.165) is 18.7 Å². The van der Waals surface area contributed by atoms with Crippen LogP contribution in [0.25, 0.3) is 0 Å². The third kappa shape index (κ3) is 2.86. The first-order valence-corrected chi connectivity index (χ1v) is 6.18. The van der Waals surface area contributed by atoms with Gasteiger partial charge in [0.1, 0.15) is 0 Å². The van der Waals surface area contributed by atoms with Gasteiger partial charge in [-0.05, 0) is 44.5 Å². The van der Waals surface area contributed by atoms with Crippen LogP contribution in [0.15, 0.2) is 18.2 Å². The minimum Gasteiger partial charge on any atom is -0.326 e. The molecule has 0 atom stereocenters. The van der Waals surface area contributed by atoms with E-state index in [1.54, 1.807) is 0 Å². The lowest BCUT2D eigenvalue weighted by atomic mass is 10.00. The second-order valence-corrected chi connectivity index (χ2v) is 5.05. The molecular weight excluding hydrogens is 212 g/mol. The number of nitrogens with one attached hydrogen (secondary N) is 1. The predicted octanol–water partition coefficient (Wildman–Crippen LogP) is 2.41. The first kappa shape index (κ1) is 12.1. The first-order valence-electron chi connectivity index (χ1n) is 6.18. The molecule has 1 aliphatic heterocycles. The number of benzene rings is 1. The zero-order valence-corrected chi connectivity index (χ0v) is 10.8. The van der Waals surface area contributed by atoms with Gasteiger partial charge in [-0.1, -0.05) is 12.1 Å². The standard InChI is InChI=1S/C14H20N2O/c1-10(2)16(3)9-11-4-6-13-12(8-11)5-7-14(17)15-13/h4,6,8,10H,5,7,9H2,1-3H3,(H,15,17). The minimum atomic E-state index is 0.129. The highest BCUT2D eigenvalue weighted by Crippen LogP contribution is 2.24. The lowest BCUT2D eigenvalue weighted by Crippen LogP contribution is -2.26. The summed E-state index contributed by atoms with van der Waals surface area (Å²) < 4.78 is 0. The van der Waals surface area contributed by atoms with E-state index in [4.69, 9.17) is 0 Å². The van der Waals surface area contributed by atoms with Crippen molar-refractivity contribution in [3.63, 3.8) is 0 Å². The Labute approximate surface area is 103 Å². The second-order valence-electron chi connectivity index (χ2n) is 5.05. The van der Waals surface area contributed by atoms with Crippen molar-refractivity contribution in [2.24, 2.45) is 0 Å². The Kier molecular flexibility index (Phi) is 3.48. The topological polar surface area (TPSA) is 32.3 Å². The maximum atomic E-state index is 11.3. The van der Waals surface area contributed by atoms with Gasteiger partial charge >= 0.3 is 0 Å². The molecule has 0 saturated heterocycles. The first-order chi connectivity index (χ1) is 8.06. The number of carbonyl (C=O) groups excluding carboxylic acids is 1. The van der Waals surface area contributed by atoms with Crippen molar-refractivity contribution in [1.82, 2.24) is 4.90 Å². The number of anilines is 1. The molecular formula is C14H20N2O. The number of nitrogens with zero attached hydrogens (tertiary/aromatic N) is 1. The fraction of sp³-hybridized carbons (Fsp3) is 0.500. The molecule has 1 aliphatic rings. The van der Waals surface area contributed by atoms with Gasteiger partial charge in [0.25, 0.3) is 0 Å². The van der Waals surface area contributed by atoms with Crippen molar-refractivity contribution in [2.75, 3.05) is 12.4 Å². The van der Waals surface area contributed by atoms with Gasteiger partial charge in [0, 0.05) is 24.7 Å². The number of aryl methyl sites for hydroxylation is 1. The van der Waals surface area contributed by atoms with Gasteiger partial charge in [0.15, 0.2) is 0 Å². The van der Waals surface area contributed by atoms with E-state index in [2.05, 4.69) is 43.2 Å². The van der Waals surface area contributed by atoms with E-state index in [1.807, 2.05) is 6.07 Å². The van der Waals surface area contributed by atoms with Crippen LogP contribution >= 0.6 is 0 Å². The molecule has 0 radical (unpaired) electrons. The fourth-order valence-electron chi connectivity index (χ4n) is 2.01. The van der Waals surface area contributed by atoms with Crippen LogP contribution in [0.1, 0.15) is 31.4 Å². The molecule has 0 aromatic heterocycles. The van der Waals surface area contributed by atoms with Crippen molar-refractivity contribution in [3.05, 3.63) is 29.3 Å². The van der Waals surface area contributed by atoms with E-state index in [9.17, 15) is 4.79 Å². The summed E-state index contributed by atoms with van der Waals surface area (Å²) in [5.41, 5.74) is 3.56. The number of hydrogen-bond donors (Lipinski definition) is 1. The smallest absolute Gasteiger partial charge is 0.224 e. The molecule has 0 saturated carbocycles. The summed E-state index contributed by atoms with van der Waals surface area (Å²) in [5.74, 6) is 0.129. The van der Waals surface area contributed by atoms with Crippen molar-refractivity contribution < 1.29 is 4.79 Å². The lowest BCUT2D eigenvalue weighted by molar-refractivity contribution is -0.116. The number of fused-ring (bicyclic) bond motifs is 1. The fourth-order valence-corrected chi connectivity index (χ4v) is 2.01. The zero-order valence-electron chi connectivity index (χ0n) is 10.8. The maximum Gasteiger partial charge on any atom is 0.224 e. The summed E-state index contributed by atoms with van der Waals surface area (Å²) in [6, 6.07) is 6.89. The van der Waals surface area contributed by atoms with Gasteiger partial charge in [0.2, 0.25) is 5.91 Å². The minimum absolute atomic E-state index is 0.129. The van der Waals surface area contributed by atoms with Gasteiger partial charge in [-0.25, -0.2) is 0 Å². The third-order valence-electron chi connectivity index (χ3n) is 3.38. The Hall–Kier alpha value is -1.35. The average Bonchev–Trinajstić information content (AvgIpc) is 2.29. The Morgan fingerprint density at radius 3 is 2.82 bits per heavy atom. The molecule has 0 unspecified atom stereocenters. The van der Waals surface area contributed by atoms with Crippen molar-refractivity contribution in [3.8, 4) is 0 Å². The van der Waals surface area contributed by atoms with E-state index in [1.165, 1.54) is 11.1 Å². The van der Waals surface area contributed by atoms with Crippen LogP contribution in [-0.2, 0) is 17.8 Å². The summed E-state index contributed by atoms with van der Waals surface area (Å²) in [7, 11) is 2.13. The number of rotatable bonds is 3. The van der Waals surface area contributed by atoms with E-state index in [-0.39, 0.29) is 5.91 Å². The SMILES string of the molecule is CC(C)N(C)Cc1ccc2c(c1)CCC(=O)N2. The molecule has 3 heteroatoms. The van der Waals surface area contributed by atoms with Gasteiger partial charge < -0.3 is 5.32 Å². The van der Waals surface area contributed by atoms with Crippen LogP contribution in [0.2, 0.25) is 0 Å². The largest absolute Gasteiger partial charge is 0.326 e.